The first-order chi connectivity index (χ1) is 14.9. The van der Waals surface area contributed by atoms with Crippen molar-refractivity contribution in [1.29, 1.82) is 0 Å². The molecule has 0 atom stereocenters. The highest BCUT2D eigenvalue weighted by molar-refractivity contribution is 5.79. The number of hydrogen-bond donors (Lipinski definition) is 2. The van der Waals surface area contributed by atoms with Crippen molar-refractivity contribution >= 4 is 17.7 Å². The Morgan fingerprint density at radius 1 is 0.935 bits per heavy atom. The highest BCUT2D eigenvalue weighted by Crippen LogP contribution is 2.28. The fraction of sp³-hybridized carbons (Fsp3) is 0.609. The second kappa shape index (κ2) is 15.1. The summed E-state index contributed by atoms with van der Waals surface area (Å²) in [6.07, 6.45) is 3.10. The molecule has 1 aromatic carbocycles. The number of ether oxygens (including phenoxy) is 2. The summed E-state index contributed by atoms with van der Waals surface area (Å²) in [4.78, 5) is 37.8. The molecule has 174 valence electrons. The van der Waals surface area contributed by atoms with Crippen molar-refractivity contribution in [3.63, 3.8) is 0 Å². The maximum Gasteiger partial charge on any atom is 0.257 e. The van der Waals surface area contributed by atoms with Crippen molar-refractivity contribution in [3.05, 3.63) is 23.8 Å². The van der Waals surface area contributed by atoms with Crippen LogP contribution in [0, 0.1) is 0 Å². The molecule has 0 fully saturated rings. The van der Waals surface area contributed by atoms with Crippen molar-refractivity contribution in [1.82, 2.24) is 15.5 Å². The third kappa shape index (κ3) is 10.2. The van der Waals surface area contributed by atoms with Crippen LogP contribution in [0.2, 0.25) is 0 Å². The molecular weight excluding hydrogens is 398 g/mol. The van der Waals surface area contributed by atoms with Gasteiger partial charge in [0.2, 0.25) is 11.8 Å². The molecule has 0 unspecified atom stereocenters. The largest absolute Gasteiger partial charge is 0.493 e. The summed E-state index contributed by atoms with van der Waals surface area (Å²) in [6, 6.07) is 5.30. The lowest BCUT2D eigenvalue weighted by Gasteiger charge is -2.21. The number of carbonyl (C=O) groups excluding carboxylic acids is 3. The molecular formula is C23H37N3O5. The molecule has 0 radical (unpaired) electrons. The van der Waals surface area contributed by atoms with Crippen molar-refractivity contribution in [2.75, 3.05) is 33.4 Å². The second-order valence-electron chi connectivity index (χ2n) is 7.24. The lowest BCUT2D eigenvalue weighted by Crippen LogP contribution is -2.32. The van der Waals surface area contributed by atoms with E-state index in [1.165, 1.54) is 7.11 Å². The standard InChI is InChI=1S/C23H37N3O5/c1-5-13-26(14-6-2)23(29)10-8-9-21(27)25-16-18-11-12-19(20(15-18)30-4)31-17-22(28)24-7-3/h11-12,15H,5-10,13-14,16-17H2,1-4H3,(H,24,28)(H,25,27). The van der Waals surface area contributed by atoms with Gasteiger partial charge in [-0.25, -0.2) is 0 Å². The number of rotatable bonds is 15. The van der Waals surface area contributed by atoms with Gasteiger partial charge in [0.1, 0.15) is 0 Å². The monoisotopic (exact) mass is 435 g/mol. The summed E-state index contributed by atoms with van der Waals surface area (Å²) >= 11 is 0. The molecule has 1 rings (SSSR count). The first-order valence-corrected chi connectivity index (χ1v) is 11.1. The summed E-state index contributed by atoms with van der Waals surface area (Å²) in [7, 11) is 1.52. The number of methoxy groups -OCH3 is 1. The zero-order valence-electron chi connectivity index (χ0n) is 19.3. The normalized spacial score (nSPS) is 10.3. The van der Waals surface area contributed by atoms with Crippen LogP contribution in [-0.4, -0.2) is 56.0 Å². The number of nitrogens with zero attached hydrogens (tertiary/aromatic N) is 1. The van der Waals surface area contributed by atoms with Gasteiger partial charge in [-0.05, 0) is 43.9 Å². The minimum Gasteiger partial charge on any atom is -0.493 e. The van der Waals surface area contributed by atoms with Crippen molar-refractivity contribution in [2.24, 2.45) is 0 Å². The Hall–Kier alpha value is -2.77. The molecule has 1 aromatic rings. The van der Waals surface area contributed by atoms with Crippen LogP contribution in [0.25, 0.3) is 0 Å². The lowest BCUT2D eigenvalue weighted by atomic mass is 10.1. The van der Waals surface area contributed by atoms with E-state index in [4.69, 9.17) is 9.47 Å². The van der Waals surface area contributed by atoms with Crippen LogP contribution in [0.3, 0.4) is 0 Å². The van der Waals surface area contributed by atoms with Crippen molar-refractivity contribution in [3.8, 4) is 11.5 Å². The summed E-state index contributed by atoms with van der Waals surface area (Å²) < 4.78 is 10.8. The summed E-state index contributed by atoms with van der Waals surface area (Å²) in [5, 5.41) is 5.53. The Morgan fingerprint density at radius 2 is 1.65 bits per heavy atom. The van der Waals surface area contributed by atoms with E-state index in [1.54, 1.807) is 12.1 Å². The van der Waals surface area contributed by atoms with Crippen molar-refractivity contribution in [2.45, 2.75) is 59.4 Å². The minimum absolute atomic E-state index is 0.0903. The van der Waals surface area contributed by atoms with Crippen LogP contribution in [0.15, 0.2) is 18.2 Å². The third-order valence-corrected chi connectivity index (χ3v) is 4.58. The molecule has 0 heterocycles. The average Bonchev–Trinajstić information content (AvgIpc) is 2.76. The van der Waals surface area contributed by atoms with E-state index >= 15 is 0 Å². The molecule has 0 aliphatic heterocycles. The molecule has 0 spiro atoms. The Bertz CT molecular complexity index is 702. The Labute approximate surface area is 185 Å². The van der Waals surface area contributed by atoms with Crippen LogP contribution in [0.1, 0.15) is 58.4 Å². The number of carbonyl (C=O) groups is 3. The van der Waals surface area contributed by atoms with Gasteiger partial charge in [-0.15, -0.1) is 0 Å². The van der Waals surface area contributed by atoms with Gasteiger partial charge in [0.25, 0.3) is 5.91 Å². The smallest absolute Gasteiger partial charge is 0.257 e. The maximum atomic E-state index is 12.3. The second-order valence-corrected chi connectivity index (χ2v) is 7.24. The van der Waals surface area contributed by atoms with E-state index < -0.39 is 0 Å². The fourth-order valence-corrected chi connectivity index (χ4v) is 3.08. The van der Waals surface area contributed by atoms with Gasteiger partial charge in [-0.3, -0.25) is 14.4 Å². The number of likely N-dealkylation sites (N-methyl/N-ethyl adjacent to an activating group) is 1. The fourth-order valence-electron chi connectivity index (χ4n) is 3.08. The zero-order chi connectivity index (χ0) is 23.1. The molecule has 31 heavy (non-hydrogen) atoms. The molecule has 8 nitrogen and oxygen atoms in total. The molecule has 0 saturated carbocycles. The molecule has 8 heteroatoms. The van der Waals surface area contributed by atoms with Gasteiger partial charge in [0, 0.05) is 39.0 Å². The molecule has 3 amide bonds. The Balaban J connectivity index is 2.45. The van der Waals surface area contributed by atoms with Crippen LogP contribution >= 0.6 is 0 Å². The van der Waals surface area contributed by atoms with Gasteiger partial charge < -0.3 is 25.0 Å². The predicted molar refractivity (Wildman–Crippen MR) is 120 cm³/mol. The van der Waals surface area contributed by atoms with E-state index in [2.05, 4.69) is 24.5 Å². The molecule has 0 bridgehead atoms. The van der Waals surface area contributed by atoms with E-state index in [0.717, 1.165) is 31.5 Å². The predicted octanol–water partition coefficient (Wildman–Crippen LogP) is 2.65. The lowest BCUT2D eigenvalue weighted by molar-refractivity contribution is -0.131. The summed E-state index contributed by atoms with van der Waals surface area (Å²) in [5.74, 6) is 0.775. The number of nitrogens with one attached hydrogen (secondary N) is 2. The molecule has 0 aliphatic carbocycles. The third-order valence-electron chi connectivity index (χ3n) is 4.58. The Morgan fingerprint density at radius 3 is 2.26 bits per heavy atom. The van der Waals surface area contributed by atoms with E-state index in [0.29, 0.717) is 43.9 Å². The minimum atomic E-state index is -0.202. The van der Waals surface area contributed by atoms with Gasteiger partial charge >= 0.3 is 0 Å². The van der Waals surface area contributed by atoms with Crippen molar-refractivity contribution < 1.29 is 23.9 Å². The first-order valence-electron chi connectivity index (χ1n) is 11.1. The highest BCUT2D eigenvalue weighted by atomic mass is 16.5. The van der Waals surface area contributed by atoms with Crippen LogP contribution in [0.5, 0.6) is 11.5 Å². The quantitative estimate of drug-likeness (QED) is 0.441. The molecule has 2 N–H and O–H groups in total. The van der Waals surface area contributed by atoms with Crippen LogP contribution in [-0.2, 0) is 20.9 Å². The zero-order valence-corrected chi connectivity index (χ0v) is 19.3. The van der Waals surface area contributed by atoms with Gasteiger partial charge in [0.15, 0.2) is 18.1 Å². The Kier molecular flexibility index (Phi) is 12.8. The number of amides is 3. The summed E-state index contributed by atoms with van der Waals surface area (Å²) in [6.45, 7) is 8.28. The van der Waals surface area contributed by atoms with Gasteiger partial charge in [0.05, 0.1) is 7.11 Å². The highest BCUT2D eigenvalue weighted by Gasteiger charge is 2.13. The number of hydrogen-bond acceptors (Lipinski definition) is 5. The first kappa shape index (κ1) is 26.3. The van der Waals surface area contributed by atoms with Gasteiger partial charge in [-0.2, -0.15) is 0 Å². The van der Waals surface area contributed by atoms with E-state index in [-0.39, 0.29) is 24.3 Å². The SMILES string of the molecule is CCCN(CCC)C(=O)CCCC(=O)NCc1ccc(OCC(=O)NCC)c(OC)c1. The maximum absolute atomic E-state index is 12.3. The van der Waals surface area contributed by atoms with Crippen LogP contribution < -0.4 is 20.1 Å². The topological polar surface area (TPSA) is 97.0 Å². The molecule has 0 saturated heterocycles. The van der Waals surface area contributed by atoms with Crippen LogP contribution in [0.4, 0.5) is 0 Å². The van der Waals surface area contributed by atoms with Gasteiger partial charge in [-0.1, -0.05) is 19.9 Å². The molecule has 0 aromatic heterocycles. The van der Waals surface area contributed by atoms with E-state index in [9.17, 15) is 14.4 Å². The van der Waals surface area contributed by atoms with E-state index in [1.807, 2.05) is 17.9 Å². The summed E-state index contributed by atoms with van der Waals surface area (Å²) in [5.41, 5.74) is 0.851. The molecule has 0 aliphatic rings. The average molecular weight is 436 g/mol. The number of benzene rings is 1.